The van der Waals surface area contributed by atoms with Crippen LogP contribution in [0.1, 0.15) is 0 Å². The molecule has 0 bridgehead atoms. The molecular weight excluding hydrogens is 560 g/mol. The van der Waals surface area contributed by atoms with Gasteiger partial charge in [-0.05, 0) is 76.9 Å². The van der Waals surface area contributed by atoms with E-state index < -0.39 is 0 Å². The van der Waals surface area contributed by atoms with Crippen LogP contribution >= 0.6 is 0 Å². The lowest BCUT2D eigenvalue weighted by atomic mass is 9.96. The largest absolute Gasteiger partial charge is 0.254 e. The second kappa shape index (κ2) is 10.7. The Morgan fingerprint density at radius 1 is 0.326 bits per heavy atom. The molecule has 0 aliphatic rings. The summed E-state index contributed by atoms with van der Waals surface area (Å²) in [5, 5.41) is 4.32. The number of nitrogens with zero attached hydrogens (tertiary/aromatic N) is 4. The van der Waals surface area contributed by atoms with Crippen molar-refractivity contribution in [1.82, 2.24) is 19.9 Å². The zero-order chi connectivity index (χ0) is 30.5. The lowest BCUT2D eigenvalue weighted by molar-refractivity contribution is 1.36. The summed E-state index contributed by atoms with van der Waals surface area (Å²) in [6.07, 6.45) is 3.68. The third-order valence-corrected chi connectivity index (χ3v) is 8.72. The van der Waals surface area contributed by atoms with Crippen molar-refractivity contribution in [3.63, 3.8) is 0 Å². The molecule has 4 heterocycles. The lowest BCUT2D eigenvalue weighted by Gasteiger charge is -2.13. The maximum Gasteiger partial charge on any atom is 0.0978 e. The fraction of sp³-hybridized carbons (Fsp3) is 0. The second-order valence-electron chi connectivity index (χ2n) is 11.5. The zero-order valence-electron chi connectivity index (χ0n) is 24.8. The van der Waals surface area contributed by atoms with Crippen LogP contribution in [0.2, 0.25) is 0 Å². The second-order valence-corrected chi connectivity index (χ2v) is 11.5. The standard InChI is InChI=1S/C42H26N4/c1-3-10-27(11-4-1)35-25-31-16-8-22-43-39(31)41-33(35)18-20-37(45-41)29-14-7-15-30(24-29)38-21-19-34-36(28-12-5-2-6-13-28)26-32-17-9-23-44-40(32)42(34)46-38/h1-26H. The van der Waals surface area contributed by atoms with E-state index in [0.29, 0.717) is 0 Å². The highest BCUT2D eigenvalue weighted by molar-refractivity contribution is 6.12. The Balaban J connectivity index is 1.20. The van der Waals surface area contributed by atoms with Gasteiger partial charge in [-0.1, -0.05) is 91.0 Å². The molecule has 4 nitrogen and oxygen atoms in total. The van der Waals surface area contributed by atoms with Crippen molar-refractivity contribution < 1.29 is 0 Å². The number of pyridine rings is 4. The summed E-state index contributed by atoms with van der Waals surface area (Å²) in [5.41, 5.74) is 12.1. The highest BCUT2D eigenvalue weighted by atomic mass is 14.8. The molecule has 0 spiro atoms. The predicted octanol–water partition coefficient (Wildman–Crippen LogP) is 10.5. The monoisotopic (exact) mass is 586 g/mol. The van der Waals surface area contributed by atoms with Crippen LogP contribution in [-0.2, 0) is 0 Å². The molecule has 214 valence electrons. The van der Waals surface area contributed by atoms with Gasteiger partial charge in [0.25, 0.3) is 0 Å². The summed E-state index contributed by atoms with van der Waals surface area (Å²) in [4.78, 5) is 20.0. The van der Waals surface area contributed by atoms with Crippen molar-refractivity contribution in [3.05, 3.63) is 158 Å². The highest BCUT2D eigenvalue weighted by Crippen LogP contribution is 2.37. The Bertz CT molecular complexity index is 2400. The van der Waals surface area contributed by atoms with E-state index >= 15 is 0 Å². The molecule has 9 aromatic rings. The fourth-order valence-electron chi connectivity index (χ4n) is 6.52. The Labute approximate surface area is 265 Å². The van der Waals surface area contributed by atoms with Crippen molar-refractivity contribution in [2.75, 3.05) is 0 Å². The smallest absolute Gasteiger partial charge is 0.0978 e. The van der Waals surface area contributed by atoms with Gasteiger partial charge in [0.2, 0.25) is 0 Å². The van der Waals surface area contributed by atoms with Gasteiger partial charge >= 0.3 is 0 Å². The number of hydrogen-bond donors (Lipinski definition) is 0. The van der Waals surface area contributed by atoms with E-state index in [1.807, 2.05) is 36.7 Å². The van der Waals surface area contributed by atoms with Crippen LogP contribution in [0.15, 0.2) is 158 Å². The summed E-state index contributed by atoms with van der Waals surface area (Å²) in [6.45, 7) is 0. The van der Waals surface area contributed by atoms with E-state index in [9.17, 15) is 0 Å². The molecule has 5 aromatic carbocycles. The SMILES string of the molecule is c1ccc(-c2cc3cccnc3c3nc(-c4cccc(-c5ccc6c(-c7ccccc7)cc7cccnc7c6n5)c4)ccc23)cc1. The number of rotatable bonds is 4. The van der Waals surface area contributed by atoms with Gasteiger partial charge in [0.05, 0.1) is 33.5 Å². The summed E-state index contributed by atoms with van der Waals surface area (Å²) >= 11 is 0. The summed E-state index contributed by atoms with van der Waals surface area (Å²) in [5.74, 6) is 0. The van der Waals surface area contributed by atoms with E-state index in [1.54, 1.807) is 0 Å². The normalized spacial score (nSPS) is 11.5. The third-order valence-electron chi connectivity index (χ3n) is 8.72. The Hall–Kier alpha value is -6.26. The Morgan fingerprint density at radius 3 is 1.26 bits per heavy atom. The third kappa shape index (κ3) is 4.39. The number of aromatic nitrogens is 4. The number of hydrogen-bond acceptors (Lipinski definition) is 4. The van der Waals surface area contributed by atoms with Crippen molar-refractivity contribution in [1.29, 1.82) is 0 Å². The van der Waals surface area contributed by atoms with Crippen LogP contribution < -0.4 is 0 Å². The summed E-state index contributed by atoms with van der Waals surface area (Å²) in [7, 11) is 0. The first-order valence-corrected chi connectivity index (χ1v) is 15.4. The fourth-order valence-corrected chi connectivity index (χ4v) is 6.52. The molecule has 0 amide bonds. The molecule has 0 atom stereocenters. The molecular formula is C42H26N4. The van der Waals surface area contributed by atoms with E-state index in [4.69, 9.17) is 19.9 Å². The molecule has 0 unspecified atom stereocenters. The summed E-state index contributed by atoms with van der Waals surface area (Å²) in [6, 6.07) is 50.6. The van der Waals surface area contributed by atoms with Gasteiger partial charge in [0.1, 0.15) is 0 Å². The van der Waals surface area contributed by atoms with Gasteiger partial charge in [-0.15, -0.1) is 0 Å². The van der Waals surface area contributed by atoms with E-state index in [1.165, 1.54) is 0 Å². The average molecular weight is 587 g/mol. The van der Waals surface area contributed by atoms with Crippen LogP contribution in [0.25, 0.3) is 88.4 Å². The zero-order valence-corrected chi connectivity index (χ0v) is 24.8. The van der Waals surface area contributed by atoms with Crippen molar-refractivity contribution >= 4 is 43.6 Å². The maximum absolute atomic E-state index is 5.24. The van der Waals surface area contributed by atoms with Crippen LogP contribution in [0.5, 0.6) is 0 Å². The average Bonchev–Trinajstić information content (AvgIpc) is 3.14. The topological polar surface area (TPSA) is 51.6 Å². The minimum Gasteiger partial charge on any atom is -0.254 e. The molecule has 9 rings (SSSR count). The molecule has 0 saturated heterocycles. The lowest BCUT2D eigenvalue weighted by Crippen LogP contribution is -1.93. The number of benzene rings is 5. The Morgan fingerprint density at radius 2 is 0.783 bits per heavy atom. The summed E-state index contributed by atoms with van der Waals surface area (Å²) < 4.78 is 0. The van der Waals surface area contributed by atoms with Crippen LogP contribution in [0.4, 0.5) is 0 Å². The first-order chi connectivity index (χ1) is 22.8. The van der Waals surface area contributed by atoms with Crippen LogP contribution in [0, 0.1) is 0 Å². The van der Waals surface area contributed by atoms with Crippen molar-refractivity contribution in [2.24, 2.45) is 0 Å². The minimum absolute atomic E-state index is 0.894. The predicted molar refractivity (Wildman–Crippen MR) is 189 cm³/mol. The molecule has 0 saturated carbocycles. The molecule has 0 fully saturated rings. The molecule has 4 heteroatoms. The Kier molecular flexibility index (Phi) is 6.10. The van der Waals surface area contributed by atoms with Gasteiger partial charge in [0.15, 0.2) is 0 Å². The van der Waals surface area contributed by atoms with Crippen LogP contribution in [0.3, 0.4) is 0 Å². The molecule has 0 N–H and O–H groups in total. The quantitative estimate of drug-likeness (QED) is 0.193. The minimum atomic E-state index is 0.894. The van der Waals surface area contributed by atoms with Crippen LogP contribution in [-0.4, -0.2) is 19.9 Å². The van der Waals surface area contributed by atoms with Gasteiger partial charge < -0.3 is 0 Å². The van der Waals surface area contributed by atoms with Gasteiger partial charge in [0, 0.05) is 45.1 Å². The molecule has 0 aliphatic heterocycles. The first-order valence-electron chi connectivity index (χ1n) is 15.4. The first kappa shape index (κ1) is 26.2. The molecule has 46 heavy (non-hydrogen) atoms. The maximum atomic E-state index is 5.24. The van der Waals surface area contributed by atoms with E-state index in [-0.39, 0.29) is 0 Å². The highest BCUT2D eigenvalue weighted by Gasteiger charge is 2.15. The van der Waals surface area contributed by atoms with E-state index in [2.05, 4.69) is 121 Å². The van der Waals surface area contributed by atoms with E-state index in [0.717, 1.165) is 88.4 Å². The van der Waals surface area contributed by atoms with Crippen molar-refractivity contribution in [2.45, 2.75) is 0 Å². The molecule has 4 aromatic heterocycles. The van der Waals surface area contributed by atoms with Gasteiger partial charge in [-0.2, -0.15) is 0 Å². The molecule has 0 aliphatic carbocycles. The van der Waals surface area contributed by atoms with Crippen molar-refractivity contribution in [3.8, 4) is 44.8 Å². The number of fused-ring (bicyclic) bond motifs is 6. The van der Waals surface area contributed by atoms with Gasteiger partial charge in [-0.3, -0.25) is 9.97 Å². The molecule has 0 radical (unpaired) electrons. The van der Waals surface area contributed by atoms with Gasteiger partial charge in [-0.25, -0.2) is 9.97 Å².